The molecule has 0 unspecified atom stereocenters. The van der Waals surface area contributed by atoms with Crippen molar-refractivity contribution in [3.63, 3.8) is 0 Å². The summed E-state index contributed by atoms with van der Waals surface area (Å²) in [5.74, 6) is 0. The molecule has 1 aliphatic heterocycles. The zero-order valence-corrected chi connectivity index (χ0v) is 9.59. The molecule has 1 rings (SSSR count). The lowest BCUT2D eigenvalue weighted by Gasteiger charge is -2.37. The molecule has 0 spiro atoms. The van der Waals surface area contributed by atoms with E-state index in [1.54, 1.807) is 0 Å². The Bertz CT molecular complexity index is 143. The largest absolute Gasteiger partial charge is 0.379 e. The molecule has 1 heterocycles. The van der Waals surface area contributed by atoms with Crippen molar-refractivity contribution in [1.82, 2.24) is 4.90 Å². The molecular formula is C11H24N2O. The van der Waals surface area contributed by atoms with Crippen molar-refractivity contribution in [3.05, 3.63) is 0 Å². The summed E-state index contributed by atoms with van der Waals surface area (Å²) in [6.07, 6.45) is 2.36. The second-order valence-electron chi connectivity index (χ2n) is 4.30. The highest BCUT2D eigenvalue weighted by atomic mass is 16.5. The van der Waals surface area contributed by atoms with Crippen LogP contribution in [0.4, 0.5) is 0 Å². The third kappa shape index (κ3) is 2.94. The predicted molar refractivity (Wildman–Crippen MR) is 59.3 cm³/mol. The molecular weight excluding hydrogens is 176 g/mol. The lowest BCUT2D eigenvalue weighted by Crippen LogP contribution is -2.46. The number of ether oxygens (including phenoxy) is 1. The maximum absolute atomic E-state index is 5.89. The highest BCUT2D eigenvalue weighted by Crippen LogP contribution is 2.26. The molecule has 0 aliphatic carbocycles. The summed E-state index contributed by atoms with van der Waals surface area (Å²) in [4.78, 5) is 2.49. The average molecular weight is 200 g/mol. The molecule has 0 saturated carbocycles. The molecule has 0 atom stereocenters. The van der Waals surface area contributed by atoms with Gasteiger partial charge in [0.25, 0.3) is 0 Å². The molecule has 14 heavy (non-hydrogen) atoms. The number of hydrogen-bond donors (Lipinski definition) is 1. The van der Waals surface area contributed by atoms with Crippen LogP contribution in [0.25, 0.3) is 0 Å². The van der Waals surface area contributed by atoms with Crippen LogP contribution >= 0.6 is 0 Å². The summed E-state index contributed by atoms with van der Waals surface area (Å²) in [7, 11) is 0. The highest BCUT2D eigenvalue weighted by Gasteiger charge is 2.27. The van der Waals surface area contributed by atoms with Gasteiger partial charge in [-0.3, -0.25) is 4.90 Å². The van der Waals surface area contributed by atoms with Gasteiger partial charge in [-0.2, -0.15) is 0 Å². The average Bonchev–Trinajstić information content (AvgIpc) is 2.28. The van der Waals surface area contributed by atoms with Gasteiger partial charge >= 0.3 is 0 Å². The second kappa shape index (κ2) is 5.69. The fourth-order valence-electron chi connectivity index (χ4n) is 2.06. The van der Waals surface area contributed by atoms with E-state index in [9.17, 15) is 0 Å². The van der Waals surface area contributed by atoms with Crippen LogP contribution in [0, 0.1) is 5.41 Å². The smallest absolute Gasteiger partial charge is 0.0594 e. The van der Waals surface area contributed by atoms with Gasteiger partial charge in [0, 0.05) is 19.6 Å². The van der Waals surface area contributed by atoms with Crippen LogP contribution in [0.1, 0.15) is 26.7 Å². The Balaban J connectivity index is 2.44. The maximum atomic E-state index is 5.89. The van der Waals surface area contributed by atoms with Crippen molar-refractivity contribution >= 4 is 0 Å². The van der Waals surface area contributed by atoms with Crippen LogP contribution in [-0.2, 0) is 4.74 Å². The van der Waals surface area contributed by atoms with Crippen molar-refractivity contribution in [3.8, 4) is 0 Å². The molecule has 0 aromatic rings. The Hall–Kier alpha value is -0.120. The Morgan fingerprint density at radius 1 is 1.21 bits per heavy atom. The Labute approximate surface area is 87.6 Å². The zero-order valence-electron chi connectivity index (χ0n) is 9.59. The number of nitrogens with zero attached hydrogens (tertiary/aromatic N) is 1. The molecule has 1 saturated heterocycles. The van der Waals surface area contributed by atoms with E-state index in [4.69, 9.17) is 10.5 Å². The first kappa shape index (κ1) is 12.0. The SMILES string of the molecule is CCC(CC)(CN)CN1CCOCC1. The molecule has 0 amide bonds. The van der Waals surface area contributed by atoms with Crippen LogP contribution < -0.4 is 5.73 Å². The third-order valence-electron chi connectivity index (χ3n) is 3.60. The topological polar surface area (TPSA) is 38.5 Å². The van der Waals surface area contributed by atoms with Gasteiger partial charge in [-0.15, -0.1) is 0 Å². The molecule has 2 N–H and O–H groups in total. The van der Waals surface area contributed by atoms with Crippen molar-refractivity contribution in [1.29, 1.82) is 0 Å². The summed E-state index contributed by atoms with van der Waals surface area (Å²) in [6, 6.07) is 0. The molecule has 0 aromatic heterocycles. The first-order chi connectivity index (χ1) is 6.76. The van der Waals surface area contributed by atoms with Gasteiger partial charge in [0.05, 0.1) is 13.2 Å². The summed E-state index contributed by atoms with van der Waals surface area (Å²) >= 11 is 0. The summed E-state index contributed by atoms with van der Waals surface area (Å²) in [5.41, 5.74) is 6.22. The van der Waals surface area contributed by atoms with Gasteiger partial charge in [0.15, 0.2) is 0 Å². The van der Waals surface area contributed by atoms with Crippen LogP contribution in [0.15, 0.2) is 0 Å². The Morgan fingerprint density at radius 2 is 1.79 bits per heavy atom. The van der Waals surface area contributed by atoms with Crippen LogP contribution in [0.3, 0.4) is 0 Å². The van der Waals surface area contributed by atoms with E-state index in [1.807, 2.05) is 0 Å². The standard InChI is InChI=1S/C11H24N2O/c1-3-11(4-2,9-12)10-13-5-7-14-8-6-13/h3-10,12H2,1-2H3. The normalized spacial score (nSPS) is 19.9. The van der Waals surface area contributed by atoms with Crippen molar-refractivity contribution in [2.75, 3.05) is 39.4 Å². The predicted octanol–water partition coefficient (Wildman–Crippen LogP) is 1.08. The highest BCUT2D eigenvalue weighted by molar-refractivity contribution is 4.82. The number of nitrogens with two attached hydrogens (primary N) is 1. The lowest BCUT2D eigenvalue weighted by molar-refractivity contribution is 0.0153. The lowest BCUT2D eigenvalue weighted by atomic mass is 9.82. The molecule has 0 radical (unpaired) electrons. The van der Waals surface area contributed by atoms with Crippen LogP contribution in [0.5, 0.6) is 0 Å². The van der Waals surface area contributed by atoms with Crippen LogP contribution in [-0.4, -0.2) is 44.3 Å². The summed E-state index contributed by atoms with van der Waals surface area (Å²) in [5, 5.41) is 0. The molecule has 1 aliphatic rings. The Kier molecular flexibility index (Phi) is 4.85. The Morgan fingerprint density at radius 3 is 2.21 bits per heavy atom. The fraction of sp³-hybridized carbons (Fsp3) is 1.00. The quantitative estimate of drug-likeness (QED) is 0.722. The molecule has 3 nitrogen and oxygen atoms in total. The summed E-state index contributed by atoms with van der Waals surface area (Å²) < 4.78 is 5.34. The fourth-order valence-corrected chi connectivity index (χ4v) is 2.06. The van der Waals surface area contributed by atoms with Gasteiger partial charge in [-0.05, 0) is 24.8 Å². The minimum absolute atomic E-state index is 0.331. The van der Waals surface area contributed by atoms with Crippen LogP contribution in [0.2, 0.25) is 0 Å². The zero-order chi connectivity index (χ0) is 10.4. The number of rotatable bonds is 5. The van der Waals surface area contributed by atoms with E-state index >= 15 is 0 Å². The maximum Gasteiger partial charge on any atom is 0.0594 e. The van der Waals surface area contributed by atoms with E-state index in [2.05, 4.69) is 18.7 Å². The van der Waals surface area contributed by atoms with Gasteiger partial charge in [-0.25, -0.2) is 0 Å². The number of hydrogen-bond acceptors (Lipinski definition) is 3. The van der Waals surface area contributed by atoms with E-state index in [1.165, 1.54) is 12.8 Å². The van der Waals surface area contributed by atoms with Crippen molar-refractivity contribution in [2.24, 2.45) is 11.1 Å². The minimum atomic E-state index is 0.331. The van der Waals surface area contributed by atoms with E-state index in [0.29, 0.717) is 5.41 Å². The van der Waals surface area contributed by atoms with Gasteiger partial charge < -0.3 is 10.5 Å². The monoisotopic (exact) mass is 200 g/mol. The van der Waals surface area contributed by atoms with Gasteiger partial charge in [-0.1, -0.05) is 13.8 Å². The first-order valence-corrected chi connectivity index (χ1v) is 5.76. The molecule has 84 valence electrons. The molecule has 0 bridgehead atoms. The van der Waals surface area contributed by atoms with Gasteiger partial charge in [0.2, 0.25) is 0 Å². The van der Waals surface area contributed by atoms with Crippen molar-refractivity contribution < 1.29 is 4.74 Å². The molecule has 0 aromatic carbocycles. The third-order valence-corrected chi connectivity index (χ3v) is 3.60. The van der Waals surface area contributed by atoms with E-state index in [0.717, 1.165) is 39.4 Å². The number of morpholine rings is 1. The second-order valence-corrected chi connectivity index (χ2v) is 4.30. The van der Waals surface area contributed by atoms with E-state index in [-0.39, 0.29) is 0 Å². The summed E-state index contributed by atoms with van der Waals surface area (Å²) in [6.45, 7) is 10.3. The molecule has 1 fully saturated rings. The minimum Gasteiger partial charge on any atom is -0.379 e. The first-order valence-electron chi connectivity index (χ1n) is 5.76. The van der Waals surface area contributed by atoms with Crippen molar-refractivity contribution in [2.45, 2.75) is 26.7 Å². The van der Waals surface area contributed by atoms with Gasteiger partial charge in [0.1, 0.15) is 0 Å². The molecule has 3 heteroatoms. The van der Waals surface area contributed by atoms with E-state index < -0.39 is 0 Å².